The molecule has 0 aliphatic rings. The van der Waals surface area contributed by atoms with E-state index in [4.69, 9.17) is 10.8 Å². The monoisotopic (exact) mass is 472 g/mol. The van der Waals surface area contributed by atoms with Gasteiger partial charge in [0, 0.05) is 6.42 Å². The van der Waals surface area contributed by atoms with Gasteiger partial charge in [0.25, 0.3) is 0 Å². The molecular formula is C22H40N4O7. The van der Waals surface area contributed by atoms with E-state index in [0.717, 1.165) is 0 Å². The summed E-state index contributed by atoms with van der Waals surface area (Å²) in [5.74, 6) is -5.23. The Bertz CT molecular complexity index is 698. The van der Waals surface area contributed by atoms with E-state index in [2.05, 4.69) is 16.0 Å². The highest BCUT2D eigenvalue weighted by molar-refractivity contribution is 5.94. The lowest BCUT2D eigenvalue weighted by Crippen LogP contribution is -2.59. The molecule has 0 fully saturated rings. The van der Waals surface area contributed by atoms with Crippen LogP contribution in [0.15, 0.2) is 0 Å². The Kier molecular flexibility index (Phi) is 13.3. The average molecular weight is 473 g/mol. The second-order valence-corrected chi connectivity index (χ2v) is 8.85. The van der Waals surface area contributed by atoms with Gasteiger partial charge in [-0.1, -0.05) is 54.4 Å². The van der Waals surface area contributed by atoms with Crippen molar-refractivity contribution in [3.05, 3.63) is 0 Å². The van der Waals surface area contributed by atoms with Crippen LogP contribution in [0.2, 0.25) is 0 Å². The molecule has 0 aromatic rings. The van der Waals surface area contributed by atoms with Crippen molar-refractivity contribution in [1.29, 1.82) is 0 Å². The lowest BCUT2D eigenvalue weighted by atomic mass is 9.96. The van der Waals surface area contributed by atoms with Gasteiger partial charge < -0.3 is 31.9 Å². The summed E-state index contributed by atoms with van der Waals surface area (Å²) in [7, 11) is 0. The van der Waals surface area contributed by atoms with Gasteiger partial charge in [0.15, 0.2) is 0 Å². The predicted molar refractivity (Wildman–Crippen MR) is 122 cm³/mol. The molecule has 0 aliphatic heterocycles. The molecule has 0 aromatic heterocycles. The fourth-order valence-corrected chi connectivity index (χ4v) is 2.99. The number of amides is 3. The zero-order chi connectivity index (χ0) is 25.9. The van der Waals surface area contributed by atoms with E-state index >= 15 is 0 Å². The van der Waals surface area contributed by atoms with Gasteiger partial charge in [-0.05, 0) is 24.2 Å². The van der Waals surface area contributed by atoms with Crippen molar-refractivity contribution >= 4 is 29.7 Å². The van der Waals surface area contributed by atoms with Crippen LogP contribution in [0.1, 0.15) is 67.2 Å². The van der Waals surface area contributed by atoms with E-state index in [9.17, 15) is 29.1 Å². The molecule has 11 nitrogen and oxygen atoms in total. The Labute approximate surface area is 195 Å². The number of nitrogens with one attached hydrogen (secondary N) is 3. The van der Waals surface area contributed by atoms with E-state index in [1.165, 1.54) is 0 Å². The minimum Gasteiger partial charge on any atom is -0.481 e. The minimum absolute atomic E-state index is 0.159. The Hall–Kier alpha value is -2.69. The molecular weight excluding hydrogens is 432 g/mol. The Morgan fingerprint density at radius 3 is 1.67 bits per heavy atom. The highest BCUT2D eigenvalue weighted by Crippen LogP contribution is 2.12. The number of carboxylic acid groups (broad SMARTS) is 2. The van der Waals surface area contributed by atoms with Crippen LogP contribution in [-0.4, -0.2) is 64.0 Å². The Balaban J connectivity index is 5.69. The molecule has 6 atom stereocenters. The molecule has 33 heavy (non-hydrogen) atoms. The highest BCUT2D eigenvalue weighted by Gasteiger charge is 2.33. The topological polar surface area (TPSA) is 188 Å². The lowest BCUT2D eigenvalue weighted by molar-refractivity contribution is -0.144. The van der Waals surface area contributed by atoms with Crippen LogP contribution >= 0.6 is 0 Å². The standard InChI is InChI=1S/C22H40N4O7/c1-7-12(5)17(25-20(30)16(23)11(3)4)21(31)24-14(9-10-15(27)28)19(29)26-18(22(32)33)13(6)8-2/h11-14,16-18H,7-10,23H2,1-6H3,(H,24,31)(H,25,30)(H,26,29)(H,27,28)(H,32,33). The normalized spacial score (nSPS) is 16.6. The number of nitrogens with two attached hydrogens (primary N) is 1. The van der Waals surface area contributed by atoms with Crippen molar-refractivity contribution in [3.63, 3.8) is 0 Å². The maximum atomic E-state index is 13.0. The molecule has 0 heterocycles. The van der Waals surface area contributed by atoms with Gasteiger partial charge in [0.1, 0.15) is 18.1 Å². The van der Waals surface area contributed by atoms with Crippen molar-refractivity contribution in [1.82, 2.24) is 16.0 Å². The van der Waals surface area contributed by atoms with E-state index in [1.54, 1.807) is 34.6 Å². The SMILES string of the molecule is CCC(C)C(NC(=O)C(CCC(=O)O)NC(=O)C(NC(=O)C(N)C(C)C)C(C)CC)C(=O)O. The number of carboxylic acids is 2. The molecule has 0 bridgehead atoms. The summed E-state index contributed by atoms with van der Waals surface area (Å²) < 4.78 is 0. The second-order valence-electron chi connectivity index (χ2n) is 8.85. The summed E-state index contributed by atoms with van der Waals surface area (Å²) in [5.41, 5.74) is 5.88. The van der Waals surface area contributed by atoms with E-state index in [0.29, 0.717) is 12.8 Å². The summed E-state index contributed by atoms with van der Waals surface area (Å²) in [4.78, 5) is 60.9. The van der Waals surface area contributed by atoms with E-state index in [1.807, 2.05) is 6.92 Å². The van der Waals surface area contributed by atoms with E-state index in [-0.39, 0.29) is 24.2 Å². The first-order valence-electron chi connectivity index (χ1n) is 11.4. The minimum atomic E-state index is -1.29. The first kappa shape index (κ1) is 30.3. The van der Waals surface area contributed by atoms with Crippen molar-refractivity contribution in [2.75, 3.05) is 0 Å². The molecule has 0 aliphatic carbocycles. The molecule has 0 spiro atoms. The summed E-state index contributed by atoms with van der Waals surface area (Å²) in [6, 6.07) is -4.32. The van der Waals surface area contributed by atoms with Crippen molar-refractivity contribution in [2.45, 2.75) is 91.4 Å². The van der Waals surface area contributed by atoms with Gasteiger partial charge >= 0.3 is 11.9 Å². The van der Waals surface area contributed by atoms with Crippen LogP contribution in [-0.2, 0) is 24.0 Å². The summed E-state index contributed by atoms with van der Waals surface area (Å²) in [6.45, 7) is 10.6. The molecule has 190 valence electrons. The van der Waals surface area contributed by atoms with Crippen LogP contribution < -0.4 is 21.7 Å². The summed E-state index contributed by atoms with van der Waals surface area (Å²) in [6.07, 6.45) is 0.364. The fraction of sp³-hybridized carbons (Fsp3) is 0.773. The van der Waals surface area contributed by atoms with Gasteiger partial charge in [0.05, 0.1) is 6.04 Å². The van der Waals surface area contributed by atoms with Crippen LogP contribution in [0.25, 0.3) is 0 Å². The Morgan fingerprint density at radius 2 is 1.24 bits per heavy atom. The van der Waals surface area contributed by atoms with E-state index < -0.39 is 60.2 Å². The first-order chi connectivity index (χ1) is 15.3. The molecule has 0 saturated carbocycles. The zero-order valence-corrected chi connectivity index (χ0v) is 20.4. The lowest BCUT2D eigenvalue weighted by Gasteiger charge is -2.29. The number of hydrogen-bond acceptors (Lipinski definition) is 6. The number of carbonyl (C=O) groups is 5. The number of rotatable bonds is 15. The highest BCUT2D eigenvalue weighted by atomic mass is 16.4. The third-order valence-corrected chi connectivity index (χ3v) is 5.87. The van der Waals surface area contributed by atoms with Crippen LogP contribution in [0.5, 0.6) is 0 Å². The third-order valence-electron chi connectivity index (χ3n) is 5.87. The Morgan fingerprint density at radius 1 is 0.758 bits per heavy atom. The average Bonchev–Trinajstić information content (AvgIpc) is 2.75. The first-order valence-corrected chi connectivity index (χ1v) is 11.4. The number of carbonyl (C=O) groups excluding carboxylic acids is 3. The van der Waals surface area contributed by atoms with Gasteiger partial charge in [-0.3, -0.25) is 19.2 Å². The van der Waals surface area contributed by atoms with Gasteiger partial charge in [-0.2, -0.15) is 0 Å². The second kappa shape index (κ2) is 14.5. The third kappa shape index (κ3) is 10.2. The molecule has 3 amide bonds. The van der Waals surface area contributed by atoms with Crippen LogP contribution in [0.4, 0.5) is 0 Å². The molecule has 0 radical (unpaired) electrons. The quantitative estimate of drug-likeness (QED) is 0.198. The van der Waals surface area contributed by atoms with Crippen molar-refractivity contribution in [3.8, 4) is 0 Å². The molecule has 0 aromatic carbocycles. The molecule has 7 N–H and O–H groups in total. The molecule has 0 saturated heterocycles. The smallest absolute Gasteiger partial charge is 0.326 e. The van der Waals surface area contributed by atoms with Crippen LogP contribution in [0, 0.1) is 17.8 Å². The zero-order valence-electron chi connectivity index (χ0n) is 20.4. The number of hydrogen-bond donors (Lipinski definition) is 6. The van der Waals surface area contributed by atoms with Gasteiger partial charge in [-0.15, -0.1) is 0 Å². The maximum absolute atomic E-state index is 13.0. The maximum Gasteiger partial charge on any atom is 0.326 e. The van der Waals surface area contributed by atoms with Crippen molar-refractivity contribution < 1.29 is 34.2 Å². The summed E-state index contributed by atoms with van der Waals surface area (Å²) in [5, 5.41) is 26.0. The summed E-state index contributed by atoms with van der Waals surface area (Å²) >= 11 is 0. The molecule has 11 heteroatoms. The largest absolute Gasteiger partial charge is 0.481 e. The van der Waals surface area contributed by atoms with Crippen molar-refractivity contribution in [2.24, 2.45) is 23.5 Å². The van der Waals surface area contributed by atoms with Crippen LogP contribution in [0.3, 0.4) is 0 Å². The number of aliphatic carboxylic acids is 2. The van der Waals surface area contributed by atoms with Gasteiger partial charge in [-0.25, -0.2) is 4.79 Å². The molecule has 6 unspecified atom stereocenters. The fourth-order valence-electron chi connectivity index (χ4n) is 2.99. The molecule has 0 rings (SSSR count). The predicted octanol–water partition coefficient (Wildman–Crippen LogP) is 0.466. The van der Waals surface area contributed by atoms with Gasteiger partial charge in [0.2, 0.25) is 17.7 Å².